The molecular weight excluding hydrogens is 351 g/mol. The predicted molar refractivity (Wildman–Crippen MR) is 101 cm³/mol. The van der Waals surface area contributed by atoms with Crippen LogP contribution in [0.4, 0.5) is 4.39 Å². The minimum absolute atomic E-state index is 0.0413. The fourth-order valence-electron chi connectivity index (χ4n) is 3.27. The fraction of sp³-hybridized carbons (Fsp3) is 0.400. The van der Waals surface area contributed by atoms with Crippen LogP contribution in [0.3, 0.4) is 0 Å². The van der Waals surface area contributed by atoms with E-state index in [0.29, 0.717) is 25.9 Å². The highest BCUT2D eigenvalue weighted by Crippen LogP contribution is 2.23. The molecule has 1 saturated heterocycles. The molecule has 1 aromatic carbocycles. The van der Waals surface area contributed by atoms with E-state index in [1.165, 1.54) is 33.9 Å². The molecule has 0 radical (unpaired) electrons. The first kappa shape index (κ1) is 18.6. The summed E-state index contributed by atoms with van der Waals surface area (Å²) in [4.78, 5) is 28.5. The number of rotatable bonds is 4. The third kappa shape index (κ3) is 3.96. The van der Waals surface area contributed by atoms with Gasteiger partial charge in [0.05, 0.1) is 10.4 Å². The van der Waals surface area contributed by atoms with Crippen molar-refractivity contribution in [3.05, 3.63) is 57.0 Å². The molecule has 2 aromatic rings. The lowest BCUT2D eigenvalue weighted by Crippen LogP contribution is -2.46. The third-order valence-electron chi connectivity index (χ3n) is 4.85. The zero-order chi connectivity index (χ0) is 18.7. The molecule has 0 aliphatic carbocycles. The van der Waals surface area contributed by atoms with Crippen molar-refractivity contribution >= 4 is 23.2 Å². The maximum absolute atomic E-state index is 13.8. The Hall–Kier alpha value is -2.21. The van der Waals surface area contributed by atoms with Crippen LogP contribution in [-0.4, -0.2) is 35.8 Å². The molecule has 26 heavy (non-hydrogen) atoms. The molecular formula is C20H23FN2O2S. The van der Waals surface area contributed by atoms with Crippen molar-refractivity contribution < 1.29 is 14.0 Å². The predicted octanol–water partition coefficient (Wildman–Crippen LogP) is 3.79. The number of carbonyl (C=O) groups excluding carboxylic acids is 2. The SMILES string of the molecule is CCc1cc(C(=O)NC2CCN(C(=O)c3ccccc3F)CC2)sc1C. The van der Waals surface area contributed by atoms with E-state index >= 15 is 0 Å². The second-order valence-corrected chi connectivity index (χ2v) is 7.82. The van der Waals surface area contributed by atoms with E-state index in [0.717, 1.165) is 11.3 Å². The van der Waals surface area contributed by atoms with Crippen molar-refractivity contribution in [3.8, 4) is 0 Å². The minimum Gasteiger partial charge on any atom is -0.348 e. The molecule has 6 heteroatoms. The van der Waals surface area contributed by atoms with Crippen molar-refractivity contribution in [1.29, 1.82) is 0 Å². The topological polar surface area (TPSA) is 49.4 Å². The lowest BCUT2D eigenvalue weighted by Gasteiger charge is -2.32. The average Bonchev–Trinajstić information content (AvgIpc) is 3.03. The Balaban J connectivity index is 1.56. The number of amides is 2. The molecule has 0 atom stereocenters. The van der Waals surface area contributed by atoms with Gasteiger partial charge in [-0.1, -0.05) is 19.1 Å². The average molecular weight is 374 g/mol. The Morgan fingerprint density at radius 1 is 1.27 bits per heavy atom. The molecule has 2 amide bonds. The Morgan fingerprint density at radius 3 is 2.58 bits per heavy atom. The van der Waals surface area contributed by atoms with Gasteiger partial charge in [0.2, 0.25) is 0 Å². The normalized spacial score (nSPS) is 15.1. The van der Waals surface area contributed by atoms with Crippen LogP contribution in [0.2, 0.25) is 0 Å². The second-order valence-electron chi connectivity index (χ2n) is 6.57. The number of benzene rings is 1. The fourth-order valence-corrected chi connectivity index (χ4v) is 4.29. The van der Waals surface area contributed by atoms with Crippen molar-refractivity contribution in [2.75, 3.05) is 13.1 Å². The Bertz CT molecular complexity index is 810. The lowest BCUT2D eigenvalue weighted by atomic mass is 10.0. The van der Waals surface area contributed by atoms with Gasteiger partial charge >= 0.3 is 0 Å². The molecule has 1 aliphatic heterocycles. The Labute approximate surface area is 157 Å². The molecule has 1 aromatic heterocycles. The molecule has 4 nitrogen and oxygen atoms in total. The first-order valence-corrected chi connectivity index (χ1v) is 9.75. The molecule has 1 aliphatic rings. The molecule has 138 valence electrons. The Morgan fingerprint density at radius 2 is 1.96 bits per heavy atom. The molecule has 3 rings (SSSR count). The van der Waals surface area contributed by atoms with Gasteiger partial charge in [-0.15, -0.1) is 11.3 Å². The van der Waals surface area contributed by atoms with Gasteiger partial charge in [0.15, 0.2) is 0 Å². The quantitative estimate of drug-likeness (QED) is 0.885. The van der Waals surface area contributed by atoms with Gasteiger partial charge in [0.1, 0.15) is 5.82 Å². The summed E-state index contributed by atoms with van der Waals surface area (Å²) in [6, 6.07) is 8.05. The summed E-state index contributed by atoms with van der Waals surface area (Å²) in [5.74, 6) is -0.821. The van der Waals surface area contributed by atoms with Crippen LogP contribution in [0, 0.1) is 12.7 Å². The number of likely N-dealkylation sites (tertiary alicyclic amines) is 1. The van der Waals surface area contributed by atoms with Gasteiger partial charge in [-0.3, -0.25) is 9.59 Å². The smallest absolute Gasteiger partial charge is 0.261 e. The van der Waals surface area contributed by atoms with Gasteiger partial charge in [0.25, 0.3) is 11.8 Å². The number of nitrogens with one attached hydrogen (secondary N) is 1. The number of thiophene rings is 1. The number of hydrogen-bond acceptors (Lipinski definition) is 3. The van der Waals surface area contributed by atoms with E-state index < -0.39 is 5.82 Å². The largest absolute Gasteiger partial charge is 0.348 e. The monoisotopic (exact) mass is 374 g/mol. The summed E-state index contributed by atoms with van der Waals surface area (Å²) in [6.07, 6.45) is 2.28. The summed E-state index contributed by atoms with van der Waals surface area (Å²) >= 11 is 1.52. The van der Waals surface area contributed by atoms with E-state index in [9.17, 15) is 14.0 Å². The number of nitrogens with zero attached hydrogens (tertiary/aromatic N) is 1. The maximum Gasteiger partial charge on any atom is 0.261 e. The van der Waals surface area contributed by atoms with Gasteiger partial charge in [-0.05, 0) is 49.9 Å². The van der Waals surface area contributed by atoms with Crippen LogP contribution in [0.25, 0.3) is 0 Å². The first-order valence-electron chi connectivity index (χ1n) is 8.93. The van der Waals surface area contributed by atoms with Gasteiger partial charge in [0, 0.05) is 24.0 Å². The van der Waals surface area contributed by atoms with E-state index in [1.807, 2.05) is 13.0 Å². The highest BCUT2D eigenvalue weighted by atomic mass is 32.1. The van der Waals surface area contributed by atoms with Crippen molar-refractivity contribution in [2.45, 2.75) is 39.2 Å². The highest BCUT2D eigenvalue weighted by Gasteiger charge is 2.26. The summed E-state index contributed by atoms with van der Waals surface area (Å²) < 4.78 is 13.8. The van der Waals surface area contributed by atoms with Crippen molar-refractivity contribution in [3.63, 3.8) is 0 Å². The lowest BCUT2D eigenvalue weighted by molar-refractivity contribution is 0.0694. The van der Waals surface area contributed by atoms with Crippen LogP contribution in [0.1, 0.15) is 50.2 Å². The highest BCUT2D eigenvalue weighted by molar-refractivity contribution is 7.14. The summed E-state index contributed by atoms with van der Waals surface area (Å²) in [5.41, 5.74) is 1.32. The zero-order valence-corrected chi connectivity index (χ0v) is 15.9. The Kier molecular flexibility index (Phi) is 5.71. The minimum atomic E-state index is -0.493. The zero-order valence-electron chi connectivity index (χ0n) is 15.0. The number of aryl methyl sites for hydroxylation is 2. The van der Waals surface area contributed by atoms with Crippen LogP contribution < -0.4 is 5.32 Å². The second kappa shape index (κ2) is 7.99. The van der Waals surface area contributed by atoms with Gasteiger partial charge < -0.3 is 10.2 Å². The molecule has 1 fully saturated rings. The molecule has 2 heterocycles. The summed E-state index contributed by atoms with van der Waals surface area (Å²) in [5, 5.41) is 3.07. The van der Waals surface area contributed by atoms with Crippen LogP contribution in [0.5, 0.6) is 0 Å². The van der Waals surface area contributed by atoms with Crippen molar-refractivity contribution in [2.24, 2.45) is 0 Å². The van der Waals surface area contributed by atoms with Gasteiger partial charge in [-0.25, -0.2) is 4.39 Å². The van der Waals surface area contributed by atoms with Crippen LogP contribution in [0.15, 0.2) is 30.3 Å². The number of carbonyl (C=O) groups is 2. The summed E-state index contributed by atoms with van der Waals surface area (Å²) in [6.45, 7) is 5.15. The van der Waals surface area contributed by atoms with E-state index in [4.69, 9.17) is 0 Å². The maximum atomic E-state index is 13.8. The number of piperidine rings is 1. The van der Waals surface area contributed by atoms with E-state index in [-0.39, 0.29) is 23.4 Å². The number of halogens is 1. The molecule has 1 N–H and O–H groups in total. The third-order valence-corrected chi connectivity index (χ3v) is 5.94. The van der Waals surface area contributed by atoms with Crippen molar-refractivity contribution in [1.82, 2.24) is 10.2 Å². The summed E-state index contributed by atoms with van der Waals surface area (Å²) in [7, 11) is 0. The molecule has 0 unspecified atom stereocenters. The van der Waals surface area contributed by atoms with Gasteiger partial charge in [-0.2, -0.15) is 0 Å². The first-order chi connectivity index (χ1) is 12.5. The van der Waals surface area contributed by atoms with Crippen LogP contribution in [-0.2, 0) is 6.42 Å². The molecule has 0 bridgehead atoms. The van der Waals surface area contributed by atoms with Crippen LogP contribution >= 0.6 is 11.3 Å². The van der Waals surface area contributed by atoms with E-state index in [2.05, 4.69) is 12.2 Å². The van der Waals surface area contributed by atoms with E-state index in [1.54, 1.807) is 17.0 Å². The number of hydrogen-bond donors (Lipinski definition) is 1. The molecule has 0 spiro atoms. The standard InChI is InChI=1S/C20H23FN2O2S/c1-3-14-12-18(26-13(14)2)19(24)22-15-8-10-23(11-9-15)20(25)16-6-4-5-7-17(16)21/h4-7,12,15H,3,8-11H2,1-2H3,(H,22,24). The molecule has 0 saturated carbocycles.